The van der Waals surface area contributed by atoms with Crippen molar-refractivity contribution in [2.75, 3.05) is 56.3 Å². The molecule has 0 bridgehead atoms. The Morgan fingerprint density at radius 2 is 1.85 bits per heavy atom. The van der Waals surface area contributed by atoms with Crippen LogP contribution < -0.4 is 19.7 Å². The van der Waals surface area contributed by atoms with Gasteiger partial charge in [0.05, 0.1) is 6.33 Å². The molecule has 0 atom stereocenters. The van der Waals surface area contributed by atoms with Gasteiger partial charge in [-0.15, -0.1) is 0 Å². The van der Waals surface area contributed by atoms with E-state index >= 15 is 0 Å². The van der Waals surface area contributed by atoms with Crippen molar-refractivity contribution < 1.29 is 14.3 Å². The van der Waals surface area contributed by atoms with E-state index < -0.39 is 0 Å². The highest BCUT2D eigenvalue weighted by molar-refractivity contribution is 5.84. The maximum atomic E-state index is 12.2. The third-order valence-electron chi connectivity index (χ3n) is 7.92. The molecule has 2 saturated heterocycles. The van der Waals surface area contributed by atoms with Crippen LogP contribution >= 0.6 is 0 Å². The smallest absolute Gasteiger partial charge is 0.231 e. The number of nitrogens with one attached hydrogen (secondary N) is 1. The van der Waals surface area contributed by atoms with Crippen molar-refractivity contribution in [1.29, 1.82) is 0 Å². The predicted octanol–water partition coefficient (Wildman–Crippen LogP) is 2.51. The van der Waals surface area contributed by atoms with Crippen molar-refractivity contribution in [2.45, 2.75) is 32.5 Å². The van der Waals surface area contributed by atoms with Gasteiger partial charge < -0.3 is 29.2 Å². The molecule has 0 aliphatic carbocycles. The molecule has 12 nitrogen and oxygen atoms in total. The molecular formula is C29H33N9O3. The summed E-state index contributed by atoms with van der Waals surface area (Å²) >= 11 is 0. The lowest BCUT2D eigenvalue weighted by Gasteiger charge is -2.34. The van der Waals surface area contributed by atoms with Crippen LogP contribution in [-0.2, 0) is 24.4 Å². The maximum Gasteiger partial charge on any atom is 0.231 e. The van der Waals surface area contributed by atoms with Gasteiger partial charge in [0.2, 0.25) is 18.6 Å². The third kappa shape index (κ3) is 5.47. The first-order chi connectivity index (χ1) is 20.2. The number of pyridine rings is 1. The molecule has 6 heterocycles. The Balaban J connectivity index is 1.09. The molecule has 3 aromatic heterocycles. The van der Waals surface area contributed by atoms with E-state index in [-0.39, 0.29) is 12.7 Å². The molecule has 4 aromatic rings. The second-order valence-electron chi connectivity index (χ2n) is 10.6. The van der Waals surface area contributed by atoms with Gasteiger partial charge in [-0.1, -0.05) is 12.1 Å². The highest BCUT2D eigenvalue weighted by atomic mass is 16.7. The van der Waals surface area contributed by atoms with Gasteiger partial charge in [-0.3, -0.25) is 14.7 Å². The van der Waals surface area contributed by atoms with Gasteiger partial charge in [0.15, 0.2) is 28.5 Å². The zero-order valence-electron chi connectivity index (χ0n) is 22.9. The summed E-state index contributed by atoms with van der Waals surface area (Å²) in [4.78, 5) is 37.6. The largest absolute Gasteiger partial charge is 0.454 e. The maximum absolute atomic E-state index is 12.2. The second-order valence-corrected chi connectivity index (χ2v) is 10.6. The molecule has 2 fully saturated rings. The lowest BCUT2D eigenvalue weighted by atomic mass is 10.1. The number of imidazole rings is 1. The van der Waals surface area contributed by atoms with Crippen LogP contribution in [0.5, 0.6) is 11.5 Å². The van der Waals surface area contributed by atoms with Gasteiger partial charge in [0.1, 0.15) is 0 Å². The quantitative estimate of drug-likeness (QED) is 0.330. The molecule has 0 saturated carbocycles. The summed E-state index contributed by atoms with van der Waals surface area (Å²) in [6.45, 7) is 7.25. The average molecular weight is 556 g/mol. The molecule has 12 heteroatoms. The first kappa shape index (κ1) is 25.5. The molecular weight excluding hydrogens is 522 g/mol. The third-order valence-corrected chi connectivity index (χ3v) is 7.92. The molecule has 212 valence electrons. The van der Waals surface area contributed by atoms with E-state index in [0.29, 0.717) is 37.8 Å². The van der Waals surface area contributed by atoms with Gasteiger partial charge >= 0.3 is 0 Å². The van der Waals surface area contributed by atoms with Crippen LogP contribution in [0.15, 0.2) is 49.1 Å². The number of amides is 1. The Morgan fingerprint density at radius 3 is 2.68 bits per heavy atom. The van der Waals surface area contributed by atoms with Crippen LogP contribution in [0.4, 0.5) is 11.8 Å². The van der Waals surface area contributed by atoms with Crippen molar-refractivity contribution in [1.82, 2.24) is 34.3 Å². The number of hydrogen-bond acceptors (Lipinski definition) is 10. The van der Waals surface area contributed by atoms with E-state index in [4.69, 9.17) is 19.4 Å². The molecule has 0 spiro atoms. The molecule has 3 aliphatic rings. The summed E-state index contributed by atoms with van der Waals surface area (Å²) in [5.41, 5.74) is 3.78. The summed E-state index contributed by atoms with van der Waals surface area (Å²) in [5.74, 6) is 3.24. The van der Waals surface area contributed by atoms with Crippen LogP contribution in [0, 0.1) is 0 Å². The molecule has 7 rings (SSSR count). The molecule has 0 unspecified atom stereocenters. The fourth-order valence-electron chi connectivity index (χ4n) is 5.62. The number of benzene rings is 1. The Morgan fingerprint density at radius 1 is 0.951 bits per heavy atom. The molecule has 1 aromatic carbocycles. The minimum Gasteiger partial charge on any atom is -0.454 e. The van der Waals surface area contributed by atoms with E-state index in [1.54, 1.807) is 6.20 Å². The van der Waals surface area contributed by atoms with Crippen molar-refractivity contribution in [2.24, 2.45) is 0 Å². The van der Waals surface area contributed by atoms with Crippen LogP contribution in [0.3, 0.4) is 0 Å². The monoisotopic (exact) mass is 555 g/mol. The van der Waals surface area contributed by atoms with E-state index in [1.165, 1.54) is 5.56 Å². The van der Waals surface area contributed by atoms with Crippen molar-refractivity contribution in [3.05, 3.63) is 60.2 Å². The number of nitrogens with zero attached hydrogens (tertiary/aromatic N) is 8. The number of carbonyl (C=O) groups is 1. The van der Waals surface area contributed by atoms with Gasteiger partial charge in [0.25, 0.3) is 0 Å². The minimum atomic E-state index is 0.224. The normalized spacial score (nSPS) is 17.1. The summed E-state index contributed by atoms with van der Waals surface area (Å²) < 4.78 is 13.0. The Bertz CT molecular complexity index is 1540. The highest BCUT2D eigenvalue weighted by Crippen LogP contribution is 2.33. The van der Waals surface area contributed by atoms with Crippen molar-refractivity contribution >= 4 is 28.8 Å². The van der Waals surface area contributed by atoms with Gasteiger partial charge in [-0.05, 0) is 35.7 Å². The SMILES string of the molecule is O=C1CCCN1CCn1cnc2c(NCc3cccnc3)nc(N3CCN(Cc4ccc5c(c4)OCO5)CC3)nc21. The molecule has 0 radical (unpaired) electrons. The van der Waals surface area contributed by atoms with E-state index in [2.05, 4.69) is 37.2 Å². The summed E-state index contributed by atoms with van der Waals surface area (Å²) in [5, 5.41) is 3.47. The fourth-order valence-corrected chi connectivity index (χ4v) is 5.62. The first-order valence-electron chi connectivity index (χ1n) is 14.2. The minimum absolute atomic E-state index is 0.224. The number of piperazine rings is 1. The van der Waals surface area contributed by atoms with Crippen LogP contribution in [-0.4, -0.2) is 86.3 Å². The molecule has 1 N–H and O–H groups in total. The number of ether oxygens (including phenoxy) is 2. The Labute approximate surface area is 237 Å². The Kier molecular flexibility index (Phi) is 6.97. The zero-order chi connectivity index (χ0) is 27.6. The topological polar surface area (TPSA) is 114 Å². The van der Waals surface area contributed by atoms with Gasteiger partial charge in [-0.2, -0.15) is 9.97 Å². The lowest BCUT2D eigenvalue weighted by molar-refractivity contribution is -0.127. The van der Waals surface area contributed by atoms with E-state index in [9.17, 15) is 4.79 Å². The Hall–Kier alpha value is -4.45. The van der Waals surface area contributed by atoms with Crippen LogP contribution in [0.1, 0.15) is 24.0 Å². The average Bonchev–Trinajstić information content (AvgIpc) is 3.75. The van der Waals surface area contributed by atoms with Gasteiger partial charge in [-0.25, -0.2) is 4.98 Å². The van der Waals surface area contributed by atoms with E-state index in [0.717, 1.165) is 73.9 Å². The number of hydrogen-bond donors (Lipinski definition) is 1. The van der Waals surface area contributed by atoms with Crippen LogP contribution in [0.25, 0.3) is 11.2 Å². The van der Waals surface area contributed by atoms with E-state index in [1.807, 2.05) is 40.2 Å². The zero-order valence-corrected chi connectivity index (χ0v) is 22.9. The van der Waals surface area contributed by atoms with Crippen molar-refractivity contribution in [3.63, 3.8) is 0 Å². The highest BCUT2D eigenvalue weighted by Gasteiger charge is 2.24. The first-order valence-corrected chi connectivity index (χ1v) is 14.2. The number of carbonyl (C=O) groups excluding carboxylic acids is 1. The fraction of sp³-hybridized carbons (Fsp3) is 0.414. The number of aromatic nitrogens is 5. The molecule has 1 amide bonds. The molecule has 41 heavy (non-hydrogen) atoms. The summed E-state index contributed by atoms with van der Waals surface area (Å²) in [6.07, 6.45) is 6.99. The van der Waals surface area contributed by atoms with Gasteiger partial charge in [0, 0.05) is 77.7 Å². The predicted molar refractivity (Wildman–Crippen MR) is 153 cm³/mol. The molecule has 3 aliphatic heterocycles. The number of anilines is 2. The standard InChI is InChI=1S/C29H33N9O3/c39-25-4-2-8-36(25)13-14-38-19-32-26-27(31-17-22-3-1-7-30-16-22)33-29(34-28(26)38)37-11-9-35(10-12-37)18-21-5-6-23-24(15-21)41-20-40-23/h1,3,5-7,15-16,19H,2,4,8-14,17-18,20H2,(H,31,33,34). The lowest BCUT2D eigenvalue weighted by Crippen LogP contribution is -2.46. The number of fused-ring (bicyclic) bond motifs is 2. The second kappa shape index (κ2) is 11.2. The van der Waals surface area contributed by atoms with Crippen LogP contribution in [0.2, 0.25) is 0 Å². The summed E-state index contributed by atoms with van der Waals surface area (Å²) in [6, 6.07) is 10.1. The number of likely N-dealkylation sites (tertiary alicyclic amines) is 1. The summed E-state index contributed by atoms with van der Waals surface area (Å²) in [7, 11) is 0. The van der Waals surface area contributed by atoms with Crippen molar-refractivity contribution in [3.8, 4) is 11.5 Å². The number of rotatable bonds is 9.